The van der Waals surface area contributed by atoms with Crippen LogP contribution in [0.1, 0.15) is 34.6 Å². The lowest BCUT2D eigenvalue weighted by molar-refractivity contribution is -0.115. The van der Waals surface area contributed by atoms with Crippen LogP contribution in [0.4, 0.5) is 11.4 Å². The summed E-state index contributed by atoms with van der Waals surface area (Å²) >= 11 is 0. The molecule has 0 fully saturated rings. The number of benzene rings is 3. The number of carboxylic acids is 1. The van der Waals surface area contributed by atoms with Crippen molar-refractivity contribution in [3.63, 3.8) is 0 Å². The van der Waals surface area contributed by atoms with Crippen molar-refractivity contribution in [2.45, 2.75) is 13.8 Å². The van der Waals surface area contributed by atoms with E-state index in [1.54, 1.807) is 36.4 Å². The van der Waals surface area contributed by atoms with Crippen LogP contribution in [0.25, 0.3) is 0 Å². The molecule has 3 rings (SSSR count). The van der Waals surface area contributed by atoms with E-state index in [-0.39, 0.29) is 16.9 Å². The third-order valence-electron chi connectivity index (χ3n) is 3.89. The van der Waals surface area contributed by atoms with Gasteiger partial charge in [0.05, 0.1) is 11.1 Å². The number of anilines is 2. The maximum atomic E-state index is 12.4. The smallest absolute Gasteiger partial charge is 0.336 e. The number of rotatable bonds is 6. The van der Waals surface area contributed by atoms with Crippen molar-refractivity contribution in [3.8, 4) is 11.5 Å². The fraction of sp³-hybridized carbons (Fsp3) is 0.125. The van der Waals surface area contributed by atoms with Gasteiger partial charge in [0.25, 0.3) is 5.91 Å². The Morgan fingerprint density at radius 1 is 0.742 bits per heavy atom. The number of carboxylic acid groups (broad SMARTS) is 1. The third-order valence-corrected chi connectivity index (χ3v) is 3.89. The van der Waals surface area contributed by atoms with E-state index in [9.17, 15) is 19.5 Å². The number of hydrogen-bond donors (Lipinski definition) is 3. The number of ether oxygens (including phenoxy) is 1. The predicted molar refractivity (Wildman–Crippen MR) is 120 cm³/mol. The number of carbonyl (C=O) groups is 3. The van der Waals surface area contributed by atoms with E-state index in [2.05, 4.69) is 10.6 Å². The molecule has 0 aliphatic heterocycles. The molecule has 3 aromatic rings. The molecule has 0 bridgehead atoms. The first-order valence-electron chi connectivity index (χ1n) is 9.46. The van der Waals surface area contributed by atoms with Gasteiger partial charge < -0.3 is 25.3 Å². The van der Waals surface area contributed by atoms with Gasteiger partial charge in [0.15, 0.2) is 0 Å². The Bertz CT molecular complexity index is 1040. The Hall–Kier alpha value is -4.13. The highest BCUT2D eigenvalue weighted by atomic mass is 16.5. The van der Waals surface area contributed by atoms with Gasteiger partial charge in [0, 0.05) is 18.4 Å². The maximum Gasteiger partial charge on any atom is 0.336 e. The molecule has 0 aromatic heterocycles. The summed E-state index contributed by atoms with van der Waals surface area (Å²) in [5.74, 6) is -0.143. The zero-order chi connectivity index (χ0) is 22.8. The number of nitrogens with one attached hydrogen (secondary N) is 2. The summed E-state index contributed by atoms with van der Waals surface area (Å²) in [7, 11) is 1.84. The van der Waals surface area contributed by atoms with Crippen molar-refractivity contribution >= 4 is 29.0 Å². The first kappa shape index (κ1) is 23.2. The molecule has 160 valence electrons. The van der Waals surface area contributed by atoms with Crippen molar-refractivity contribution in [1.82, 2.24) is 0 Å². The van der Waals surface area contributed by atoms with Crippen molar-refractivity contribution < 1.29 is 24.2 Å². The van der Waals surface area contributed by atoms with E-state index in [4.69, 9.17) is 4.74 Å². The number of amides is 1. The summed E-state index contributed by atoms with van der Waals surface area (Å²) in [5.41, 5.74) is 1.59. The van der Waals surface area contributed by atoms with Crippen LogP contribution < -0.4 is 15.4 Å². The number of Topliss-reactive ketones (excluding diaryl/α,β-unsaturated/α-hetero) is 1. The van der Waals surface area contributed by atoms with Crippen molar-refractivity contribution in [3.05, 3.63) is 83.9 Å². The van der Waals surface area contributed by atoms with Crippen molar-refractivity contribution in [2.24, 2.45) is 0 Å². The summed E-state index contributed by atoms with van der Waals surface area (Å²) in [6, 6.07) is 20.4. The normalized spacial score (nSPS) is 9.65. The molecular weight excluding hydrogens is 396 g/mol. The van der Waals surface area contributed by atoms with E-state index >= 15 is 0 Å². The summed E-state index contributed by atoms with van der Waals surface area (Å²) < 4.78 is 5.75. The molecule has 3 aromatic carbocycles. The Kier molecular flexibility index (Phi) is 8.33. The van der Waals surface area contributed by atoms with Crippen LogP contribution in [-0.4, -0.2) is 29.8 Å². The van der Waals surface area contributed by atoms with Crippen LogP contribution in [0.2, 0.25) is 0 Å². The molecular formula is C24H24N2O5. The number of aromatic carboxylic acids is 1. The van der Waals surface area contributed by atoms with Gasteiger partial charge in [-0.2, -0.15) is 0 Å². The van der Waals surface area contributed by atoms with Gasteiger partial charge in [-0.15, -0.1) is 0 Å². The van der Waals surface area contributed by atoms with E-state index in [1.807, 2.05) is 31.3 Å². The van der Waals surface area contributed by atoms with E-state index < -0.39 is 11.9 Å². The highest BCUT2D eigenvalue weighted by Crippen LogP contribution is 2.24. The molecule has 0 saturated carbocycles. The van der Waals surface area contributed by atoms with Crippen LogP contribution >= 0.6 is 0 Å². The minimum atomic E-state index is -1.14. The minimum Gasteiger partial charge on any atom is -0.478 e. The molecule has 0 radical (unpaired) electrons. The molecule has 1 amide bonds. The van der Waals surface area contributed by atoms with Gasteiger partial charge in [-0.25, -0.2) is 4.79 Å². The number of hydrogen-bond acceptors (Lipinski definition) is 5. The van der Waals surface area contributed by atoms with Gasteiger partial charge in [-0.1, -0.05) is 12.1 Å². The highest BCUT2D eigenvalue weighted by Gasteiger charge is 2.15. The standard InChI is InChI=1S/C21H18N2O4.C3H6O/c1-22-14-6-10-16(11-7-14)27-17-12-8-15(9-13-17)23-20(24)18-4-2-3-5-19(18)21(25)26;1-3(2)4/h2-13,22H,1H3,(H,23,24)(H,25,26);1-2H3. The fourth-order valence-corrected chi connectivity index (χ4v) is 2.50. The third kappa shape index (κ3) is 7.32. The Morgan fingerprint density at radius 2 is 1.19 bits per heavy atom. The summed E-state index contributed by atoms with van der Waals surface area (Å²) in [6.07, 6.45) is 0. The quantitative estimate of drug-likeness (QED) is 0.514. The molecule has 7 nitrogen and oxygen atoms in total. The van der Waals surface area contributed by atoms with Gasteiger partial charge in [-0.05, 0) is 74.5 Å². The van der Waals surface area contributed by atoms with Gasteiger partial charge in [-0.3, -0.25) is 4.79 Å². The topological polar surface area (TPSA) is 105 Å². The first-order chi connectivity index (χ1) is 14.8. The van der Waals surface area contributed by atoms with Crippen LogP contribution in [0.15, 0.2) is 72.8 Å². The largest absolute Gasteiger partial charge is 0.478 e. The second-order valence-electron chi connectivity index (χ2n) is 6.61. The van der Waals surface area contributed by atoms with Crippen LogP contribution in [0.3, 0.4) is 0 Å². The van der Waals surface area contributed by atoms with E-state index in [0.717, 1.165) is 5.69 Å². The molecule has 0 atom stereocenters. The van der Waals surface area contributed by atoms with Crippen molar-refractivity contribution in [2.75, 3.05) is 17.7 Å². The lowest BCUT2D eigenvalue weighted by Crippen LogP contribution is -2.16. The molecule has 0 spiro atoms. The van der Waals surface area contributed by atoms with E-state index in [1.165, 1.54) is 26.0 Å². The lowest BCUT2D eigenvalue weighted by Gasteiger charge is -2.10. The molecule has 7 heteroatoms. The zero-order valence-corrected chi connectivity index (χ0v) is 17.5. The molecule has 0 aliphatic carbocycles. The first-order valence-corrected chi connectivity index (χ1v) is 9.46. The van der Waals surface area contributed by atoms with E-state index in [0.29, 0.717) is 17.2 Å². The second-order valence-corrected chi connectivity index (χ2v) is 6.61. The number of ketones is 1. The van der Waals surface area contributed by atoms with Gasteiger partial charge in [0.2, 0.25) is 0 Å². The Balaban J connectivity index is 0.000000785. The monoisotopic (exact) mass is 420 g/mol. The van der Waals surface area contributed by atoms with Crippen molar-refractivity contribution in [1.29, 1.82) is 0 Å². The predicted octanol–water partition coefficient (Wildman–Crippen LogP) is 5.07. The molecule has 0 unspecified atom stereocenters. The van der Waals surface area contributed by atoms with Crippen LogP contribution in [-0.2, 0) is 4.79 Å². The average Bonchev–Trinajstić information content (AvgIpc) is 2.75. The molecule has 0 heterocycles. The maximum absolute atomic E-state index is 12.4. The van der Waals surface area contributed by atoms with Gasteiger partial charge >= 0.3 is 5.97 Å². The average molecular weight is 420 g/mol. The Morgan fingerprint density at radius 3 is 1.65 bits per heavy atom. The SMILES string of the molecule is CC(C)=O.CNc1ccc(Oc2ccc(NC(=O)c3ccccc3C(=O)O)cc2)cc1. The lowest BCUT2D eigenvalue weighted by atomic mass is 10.1. The minimum absolute atomic E-state index is 0.0417. The van der Waals surface area contributed by atoms with Crippen LogP contribution in [0, 0.1) is 0 Å². The molecule has 0 aliphatic rings. The summed E-state index contributed by atoms with van der Waals surface area (Å²) in [4.78, 5) is 33.0. The van der Waals surface area contributed by atoms with Gasteiger partial charge in [0.1, 0.15) is 17.3 Å². The fourth-order valence-electron chi connectivity index (χ4n) is 2.50. The zero-order valence-electron chi connectivity index (χ0n) is 17.5. The highest BCUT2D eigenvalue weighted by molar-refractivity contribution is 6.10. The number of carbonyl (C=O) groups excluding carboxylic acids is 2. The van der Waals surface area contributed by atoms with Crippen LogP contribution in [0.5, 0.6) is 11.5 Å². The summed E-state index contributed by atoms with van der Waals surface area (Å²) in [6.45, 7) is 3.06. The Labute approximate surface area is 180 Å². The molecule has 0 saturated heterocycles. The second kappa shape index (κ2) is 11.2. The summed E-state index contributed by atoms with van der Waals surface area (Å²) in [5, 5.41) is 14.9. The molecule has 31 heavy (non-hydrogen) atoms. The molecule has 3 N–H and O–H groups in total.